The van der Waals surface area contributed by atoms with E-state index < -0.39 is 17.7 Å². The van der Waals surface area contributed by atoms with Gasteiger partial charge in [0.2, 0.25) is 5.91 Å². The first kappa shape index (κ1) is 17.8. The Kier molecular flexibility index (Phi) is 5.12. The van der Waals surface area contributed by atoms with E-state index in [9.17, 15) is 18.0 Å². The van der Waals surface area contributed by atoms with Gasteiger partial charge in [-0.3, -0.25) is 4.79 Å². The van der Waals surface area contributed by atoms with Crippen LogP contribution in [0.15, 0.2) is 48.5 Å². The highest BCUT2D eigenvalue weighted by molar-refractivity contribution is 6.05. The average Bonchev–Trinajstić information content (AvgIpc) is 2.48. The van der Waals surface area contributed by atoms with Gasteiger partial charge in [0.15, 0.2) is 0 Å². The number of carbonyl (C=O) groups is 1. The standard InChI is InChI=1S/C19H18F3NO/c1-12-9-13(2)18(14(3)10-12)23-17(24)11-16(19(20,21)22)15-7-5-4-6-8-15/h4-11H,1-3H3,(H,23,24)/b16-11-. The molecule has 0 aliphatic heterocycles. The van der Waals surface area contributed by atoms with Crippen LogP contribution in [-0.2, 0) is 4.79 Å². The molecule has 0 saturated carbocycles. The Morgan fingerprint density at radius 2 is 1.54 bits per heavy atom. The van der Waals surface area contributed by atoms with Gasteiger partial charge in [0.1, 0.15) is 0 Å². The number of alkyl halides is 3. The van der Waals surface area contributed by atoms with Crippen LogP contribution in [-0.4, -0.2) is 12.1 Å². The topological polar surface area (TPSA) is 29.1 Å². The Morgan fingerprint density at radius 3 is 2.04 bits per heavy atom. The first-order valence-electron chi connectivity index (χ1n) is 7.41. The summed E-state index contributed by atoms with van der Waals surface area (Å²) in [6.07, 6.45) is -4.01. The van der Waals surface area contributed by atoms with Crippen LogP contribution in [0.2, 0.25) is 0 Å². The molecule has 0 atom stereocenters. The summed E-state index contributed by atoms with van der Waals surface area (Å²) in [6, 6.07) is 11.0. The van der Waals surface area contributed by atoms with E-state index in [0.717, 1.165) is 16.7 Å². The highest BCUT2D eigenvalue weighted by Crippen LogP contribution is 2.33. The van der Waals surface area contributed by atoms with Gasteiger partial charge in [0.25, 0.3) is 0 Å². The third-order valence-corrected chi connectivity index (χ3v) is 3.59. The first-order valence-corrected chi connectivity index (χ1v) is 7.41. The van der Waals surface area contributed by atoms with Crippen LogP contribution in [0.5, 0.6) is 0 Å². The van der Waals surface area contributed by atoms with Crippen molar-refractivity contribution in [3.05, 3.63) is 70.8 Å². The molecule has 0 bridgehead atoms. The molecule has 0 fully saturated rings. The van der Waals surface area contributed by atoms with Crippen LogP contribution in [0.1, 0.15) is 22.3 Å². The number of hydrogen-bond acceptors (Lipinski definition) is 1. The molecule has 24 heavy (non-hydrogen) atoms. The summed E-state index contributed by atoms with van der Waals surface area (Å²) in [6.45, 7) is 5.53. The van der Waals surface area contributed by atoms with E-state index in [4.69, 9.17) is 0 Å². The summed E-state index contributed by atoms with van der Waals surface area (Å²) in [7, 11) is 0. The number of carbonyl (C=O) groups excluding carboxylic acids is 1. The molecule has 0 saturated heterocycles. The van der Waals surface area contributed by atoms with Gasteiger partial charge in [-0.15, -0.1) is 0 Å². The number of nitrogens with one attached hydrogen (secondary N) is 1. The van der Waals surface area contributed by atoms with Gasteiger partial charge in [-0.25, -0.2) is 0 Å². The molecule has 126 valence electrons. The third-order valence-electron chi connectivity index (χ3n) is 3.59. The minimum absolute atomic E-state index is 0.0440. The van der Waals surface area contributed by atoms with E-state index in [-0.39, 0.29) is 5.56 Å². The van der Waals surface area contributed by atoms with E-state index in [2.05, 4.69) is 5.32 Å². The number of rotatable bonds is 3. The molecule has 2 nitrogen and oxygen atoms in total. The van der Waals surface area contributed by atoms with Crippen molar-refractivity contribution in [3.8, 4) is 0 Å². The molecule has 0 aromatic heterocycles. The quantitative estimate of drug-likeness (QED) is 0.769. The maximum Gasteiger partial charge on any atom is 0.417 e. The number of allylic oxidation sites excluding steroid dienone is 1. The molecule has 5 heteroatoms. The molecule has 2 rings (SSSR count). The second-order valence-electron chi connectivity index (χ2n) is 5.68. The van der Waals surface area contributed by atoms with E-state index in [1.807, 2.05) is 19.1 Å². The lowest BCUT2D eigenvalue weighted by Gasteiger charge is -2.14. The van der Waals surface area contributed by atoms with Gasteiger partial charge in [0, 0.05) is 11.8 Å². The molecule has 1 N–H and O–H groups in total. The van der Waals surface area contributed by atoms with Crippen molar-refractivity contribution >= 4 is 17.2 Å². The van der Waals surface area contributed by atoms with Crippen LogP contribution in [0.3, 0.4) is 0 Å². The number of hydrogen-bond donors (Lipinski definition) is 1. The average molecular weight is 333 g/mol. The van der Waals surface area contributed by atoms with Crippen LogP contribution < -0.4 is 5.32 Å². The second kappa shape index (κ2) is 6.91. The van der Waals surface area contributed by atoms with E-state index in [1.54, 1.807) is 19.9 Å². The molecule has 2 aromatic carbocycles. The van der Waals surface area contributed by atoms with Crippen LogP contribution >= 0.6 is 0 Å². The molecular formula is C19H18F3NO. The Bertz CT molecular complexity index is 754. The predicted octanol–water partition coefficient (Wildman–Crippen LogP) is 5.20. The Balaban J connectivity index is 2.36. The van der Waals surface area contributed by atoms with Gasteiger partial charge in [-0.1, -0.05) is 48.0 Å². The molecule has 0 unspecified atom stereocenters. The molecule has 0 aliphatic carbocycles. The number of amides is 1. The van der Waals surface area contributed by atoms with E-state index in [0.29, 0.717) is 11.8 Å². The zero-order chi connectivity index (χ0) is 17.9. The minimum Gasteiger partial charge on any atom is -0.322 e. The summed E-state index contributed by atoms with van der Waals surface area (Å²) in [4.78, 5) is 12.1. The zero-order valence-electron chi connectivity index (χ0n) is 13.7. The van der Waals surface area contributed by atoms with Crippen LogP contribution in [0, 0.1) is 20.8 Å². The minimum atomic E-state index is -4.62. The number of benzene rings is 2. The summed E-state index contributed by atoms with van der Waals surface area (Å²) in [5.41, 5.74) is 2.17. The third kappa shape index (κ3) is 4.25. The smallest absolute Gasteiger partial charge is 0.322 e. The van der Waals surface area contributed by atoms with Gasteiger partial charge in [0.05, 0.1) is 5.57 Å². The van der Waals surface area contributed by atoms with Crippen molar-refractivity contribution in [1.29, 1.82) is 0 Å². The highest BCUT2D eigenvalue weighted by atomic mass is 19.4. The molecule has 2 aromatic rings. The highest BCUT2D eigenvalue weighted by Gasteiger charge is 2.35. The summed E-state index contributed by atoms with van der Waals surface area (Å²) in [5, 5.41) is 2.56. The monoisotopic (exact) mass is 333 g/mol. The molecule has 0 radical (unpaired) electrons. The lowest BCUT2D eigenvalue weighted by atomic mass is 10.0. The fourth-order valence-electron chi connectivity index (χ4n) is 2.61. The summed E-state index contributed by atoms with van der Waals surface area (Å²) >= 11 is 0. The Morgan fingerprint density at radius 1 is 1.00 bits per heavy atom. The number of aryl methyl sites for hydroxylation is 3. The molecule has 1 amide bonds. The van der Waals surface area contributed by atoms with Crippen molar-refractivity contribution < 1.29 is 18.0 Å². The fourth-order valence-corrected chi connectivity index (χ4v) is 2.61. The van der Waals surface area contributed by atoms with Crippen molar-refractivity contribution in [2.45, 2.75) is 26.9 Å². The fraction of sp³-hybridized carbons (Fsp3) is 0.211. The summed E-state index contributed by atoms with van der Waals surface area (Å²) < 4.78 is 39.8. The van der Waals surface area contributed by atoms with Crippen molar-refractivity contribution in [3.63, 3.8) is 0 Å². The normalized spacial score (nSPS) is 12.2. The zero-order valence-corrected chi connectivity index (χ0v) is 13.7. The molecule has 0 heterocycles. The van der Waals surface area contributed by atoms with E-state index >= 15 is 0 Å². The Hall–Kier alpha value is -2.56. The van der Waals surface area contributed by atoms with Crippen LogP contribution in [0.25, 0.3) is 5.57 Å². The lowest BCUT2D eigenvalue weighted by Crippen LogP contribution is -2.17. The summed E-state index contributed by atoms with van der Waals surface area (Å²) in [5.74, 6) is -0.804. The van der Waals surface area contributed by atoms with Gasteiger partial charge in [-0.05, 0) is 37.5 Å². The largest absolute Gasteiger partial charge is 0.417 e. The number of anilines is 1. The Labute approximate surface area is 139 Å². The second-order valence-corrected chi connectivity index (χ2v) is 5.68. The number of halogens is 3. The maximum atomic E-state index is 13.3. The maximum absolute atomic E-state index is 13.3. The van der Waals surface area contributed by atoms with Gasteiger partial charge < -0.3 is 5.32 Å². The van der Waals surface area contributed by atoms with Crippen molar-refractivity contribution in [2.24, 2.45) is 0 Å². The van der Waals surface area contributed by atoms with Gasteiger partial charge in [-0.2, -0.15) is 13.2 Å². The predicted molar refractivity (Wildman–Crippen MR) is 89.8 cm³/mol. The molecule has 0 aliphatic rings. The van der Waals surface area contributed by atoms with Crippen LogP contribution in [0.4, 0.5) is 18.9 Å². The molecular weight excluding hydrogens is 315 g/mol. The SMILES string of the molecule is Cc1cc(C)c(NC(=O)/C=C(/c2ccccc2)C(F)(F)F)c(C)c1. The van der Waals surface area contributed by atoms with Crippen molar-refractivity contribution in [1.82, 2.24) is 0 Å². The van der Waals surface area contributed by atoms with E-state index in [1.165, 1.54) is 24.3 Å². The first-order chi connectivity index (χ1) is 11.2. The molecule has 0 spiro atoms. The van der Waals surface area contributed by atoms with Gasteiger partial charge >= 0.3 is 6.18 Å². The lowest BCUT2D eigenvalue weighted by molar-refractivity contribution is -0.112. The van der Waals surface area contributed by atoms with Crippen molar-refractivity contribution in [2.75, 3.05) is 5.32 Å².